The van der Waals surface area contributed by atoms with E-state index in [9.17, 15) is 13.2 Å². The molecule has 1 aromatic heterocycles. The molecule has 4 atom stereocenters. The van der Waals surface area contributed by atoms with Gasteiger partial charge in [-0.25, -0.2) is 8.42 Å². The molecule has 0 radical (unpaired) electrons. The molecule has 0 spiro atoms. The highest BCUT2D eigenvalue weighted by Crippen LogP contribution is 2.49. The van der Waals surface area contributed by atoms with Crippen molar-refractivity contribution in [2.45, 2.75) is 42.9 Å². The number of amides is 1. The van der Waals surface area contributed by atoms with Crippen molar-refractivity contribution in [3.05, 3.63) is 41.8 Å². The van der Waals surface area contributed by atoms with Gasteiger partial charge in [-0.05, 0) is 67.5 Å². The van der Waals surface area contributed by atoms with Crippen LogP contribution < -0.4 is 14.4 Å². The second kappa shape index (κ2) is 8.59. The Morgan fingerprint density at radius 2 is 2.03 bits per heavy atom. The quantitative estimate of drug-likeness (QED) is 0.665. The Labute approximate surface area is 182 Å². The van der Waals surface area contributed by atoms with Gasteiger partial charge >= 0.3 is 0 Å². The van der Waals surface area contributed by atoms with Crippen molar-refractivity contribution in [3.63, 3.8) is 0 Å². The van der Waals surface area contributed by atoms with Gasteiger partial charge in [0.1, 0.15) is 16.5 Å². The lowest BCUT2D eigenvalue weighted by Gasteiger charge is -2.30. The van der Waals surface area contributed by atoms with Gasteiger partial charge in [-0.3, -0.25) is 9.10 Å². The largest absolute Gasteiger partial charge is 0.495 e. The second-order valence-electron chi connectivity index (χ2n) is 8.31. The number of hydrogen-bond donors (Lipinski definition) is 1. The van der Waals surface area contributed by atoms with E-state index in [-0.39, 0.29) is 22.7 Å². The van der Waals surface area contributed by atoms with Gasteiger partial charge in [0.15, 0.2) is 0 Å². The summed E-state index contributed by atoms with van der Waals surface area (Å²) in [6, 6.07) is 10.2. The molecule has 1 N–H and O–H groups in total. The second-order valence-corrected chi connectivity index (χ2v) is 11.3. The normalized spacial score (nSPS) is 23.9. The van der Waals surface area contributed by atoms with Crippen molar-refractivity contribution in [2.75, 3.05) is 18.0 Å². The van der Waals surface area contributed by atoms with E-state index in [4.69, 9.17) is 4.74 Å². The summed E-state index contributed by atoms with van der Waals surface area (Å²) in [6.07, 6.45) is 4.99. The summed E-state index contributed by atoms with van der Waals surface area (Å²) in [6.45, 7) is 1.76. The van der Waals surface area contributed by atoms with E-state index < -0.39 is 10.0 Å². The van der Waals surface area contributed by atoms with Crippen LogP contribution >= 0.6 is 11.3 Å². The van der Waals surface area contributed by atoms with Gasteiger partial charge < -0.3 is 10.1 Å². The number of sulfonamides is 1. The Morgan fingerprint density at radius 3 is 2.67 bits per heavy atom. The molecule has 0 aliphatic heterocycles. The number of para-hydroxylation sites is 2. The minimum Gasteiger partial charge on any atom is -0.495 e. The maximum atomic E-state index is 13.3. The van der Waals surface area contributed by atoms with Crippen LogP contribution in [0.25, 0.3) is 0 Å². The maximum Gasteiger partial charge on any atom is 0.274 e. The number of rotatable bonds is 8. The highest BCUT2D eigenvalue weighted by molar-refractivity contribution is 7.94. The van der Waals surface area contributed by atoms with Crippen LogP contribution in [-0.2, 0) is 14.8 Å². The van der Waals surface area contributed by atoms with Crippen LogP contribution in [0, 0.1) is 17.8 Å². The average molecular weight is 449 g/mol. The molecule has 2 saturated carbocycles. The Hall–Kier alpha value is -2.06. The highest BCUT2D eigenvalue weighted by Gasteiger charge is 2.42. The van der Waals surface area contributed by atoms with Crippen molar-refractivity contribution in [3.8, 4) is 5.75 Å². The predicted molar refractivity (Wildman–Crippen MR) is 118 cm³/mol. The maximum absolute atomic E-state index is 13.3. The van der Waals surface area contributed by atoms with Gasteiger partial charge in [-0.1, -0.05) is 24.6 Å². The summed E-state index contributed by atoms with van der Waals surface area (Å²) in [5.41, 5.74) is 0.358. The summed E-state index contributed by atoms with van der Waals surface area (Å²) in [5, 5.41) is 4.79. The van der Waals surface area contributed by atoms with Crippen LogP contribution in [0.4, 0.5) is 5.69 Å². The predicted octanol–water partition coefficient (Wildman–Crippen LogP) is 3.89. The SMILES string of the molecule is COc1ccccc1N(CC(=O)NC(C)C1CC2CCC1C2)S(=O)(=O)c1cccs1. The highest BCUT2D eigenvalue weighted by atomic mass is 32.2. The molecular formula is C22H28N2O4S2. The lowest BCUT2D eigenvalue weighted by Crippen LogP contribution is -2.46. The number of methoxy groups -OCH3 is 1. The summed E-state index contributed by atoms with van der Waals surface area (Å²) in [5.74, 6) is 2.08. The first-order valence-electron chi connectivity index (χ1n) is 10.4. The van der Waals surface area contributed by atoms with Crippen molar-refractivity contribution in [1.82, 2.24) is 5.32 Å². The van der Waals surface area contributed by atoms with E-state index in [2.05, 4.69) is 5.32 Å². The molecule has 0 saturated heterocycles. The molecule has 1 aromatic carbocycles. The molecule has 6 nitrogen and oxygen atoms in total. The zero-order valence-corrected chi connectivity index (χ0v) is 18.9. The van der Waals surface area contributed by atoms with Gasteiger partial charge in [-0.15, -0.1) is 11.3 Å². The fourth-order valence-electron chi connectivity index (χ4n) is 5.10. The lowest BCUT2D eigenvalue weighted by atomic mass is 9.84. The van der Waals surface area contributed by atoms with E-state index in [1.165, 1.54) is 26.4 Å². The number of benzene rings is 1. The van der Waals surface area contributed by atoms with E-state index in [1.807, 2.05) is 6.92 Å². The average Bonchev–Trinajstić information content (AvgIpc) is 3.50. The third-order valence-electron chi connectivity index (χ3n) is 6.50. The van der Waals surface area contributed by atoms with Crippen LogP contribution in [0.3, 0.4) is 0 Å². The van der Waals surface area contributed by atoms with Crippen molar-refractivity contribution in [2.24, 2.45) is 17.8 Å². The van der Waals surface area contributed by atoms with Gasteiger partial charge in [0.25, 0.3) is 10.0 Å². The molecule has 30 heavy (non-hydrogen) atoms. The Morgan fingerprint density at radius 1 is 1.23 bits per heavy atom. The smallest absolute Gasteiger partial charge is 0.274 e. The Kier molecular flexibility index (Phi) is 6.06. The van der Waals surface area contributed by atoms with E-state index in [0.29, 0.717) is 23.3 Å². The molecule has 2 fully saturated rings. The van der Waals surface area contributed by atoms with E-state index in [0.717, 1.165) is 28.0 Å². The Balaban J connectivity index is 1.56. The minimum absolute atomic E-state index is 0.0387. The fraction of sp³-hybridized carbons (Fsp3) is 0.500. The van der Waals surface area contributed by atoms with Crippen molar-refractivity contribution < 1.29 is 17.9 Å². The molecular weight excluding hydrogens is 420 g/mol. The molecule has 2 aliphatic rings. The molecule has 162 valence electrons. The van der Waals surface area contributed by atoms with E-state index in [1.54, 1.807) is 41.8 Å². The molecule has 2 aromatic rings. The third kappa shape index (κ3) is 4.07. The zero-order chi connectivity index (χ0) is 21.3. The van der Waals surface area contributed by atoms with Crippen molar-refractivity contribution >= 4 is 33.0 Å². The van der Waals surface area contributed by atoms with Gasteiger partial charge in [0.05, 0.1) is 12.8 Å². The number of nitrogens with one attached hydrogen (secondary N) is 1. The molecule has 8 heteroatoms. The Bertz CT molecular complexity index is 990. The standard InChI is InChI=1S/C22H28N2O4S2/c1-15(18-13-16-9-10-17(18)12-16)23-21(25)14-24(19-6-3-4-7-20(19)28-2)30(26,27)22-8-5-11-29-22/h3-8,11,15-18H,9-10,12-14H2,1-2H3,(H,23,25). The van der Waals surface area contributed by atoms with Crippen LogP contribution in [0.5, 0.6) is 5.75 Å². The molecule has 4 unspecified atom stereocenters. The molecule has 2 aliphatic carbocycles. The van der Waals surface area contributed by atoms with Crippen LogP contribution in [0.2, 0.25) is 0 Å². The van der Waals surface area contributed by atoms with Crippen LogP contribution in [0.15, 0.2) is 46.0 Å². The van der Waals surface area contributed by atoms with Gasteiger partial charge in [0.2, 0.25) is 5.91 Å². The number of thiophene rings is 1. The lowest BCUT2D eigenvalue weighted by molar-refractivity contribution is -0.120. The number of fused-ring (bicyclic) bond motifs is 2. The molecule has 1 heterocycles. The monoisotopic (exact) mass is 448 g/mol. The number of anilines is 1. The number of hydrogen-bond acceptors (Lipinski definition) is 5. The first-order chi connectivity index (χ1) is 14.4. The number of carbonyl (C=O) groups excluding carboxylic acids is 1. The van der Waals surface area contributed by atoms with Crippen LogP contribution in [-0.4, -0.2) is 34.0 Å². The van der Waals surface area contributed by atoms with Crippen molar-refractivity contribution in [1.29, 1.82) is 0 Å². The van der Waals surface area contributed by atoms with Crippen LogP contribution in [0.1, 0.15) is 32.6 Å². The summed E-state index contributed by atoms with van der Waals surface area (Å²) < 4.78 is 33.4. The zero-order valence-electron chi connectivity index (χ0n) is 17.3. The first-order valence-corrected chi connectivity index (χ1v) is 12.7. The first kappa shape index (κ1) is 21.2. The number of ether oxygens (including phenoxy) is 1. The van der Waals surface area contributed by atoms with Gasteiger partial charge in [-0.2, -0.15) is 0 Å². The molecule has 1 amide bonds. The molecule has 4 rings (SSSR count). The fourth-order valence-corrected chi connectivity index (χ4v) is 7.63. The van der Waals surface area contributed by atoms with Gasteiger partial charge in [0, 0.05) is 6.04 Å². The number of carbonyl (C=O) groups is 1. The van der Waals surface area contributed by atoms with E-state index >= 15 is 0 Å². The summed E-state index contributed by atoms with van der Waals surface area (Å²) in [4.78, 5) is 13.0. The minimum atomic E-state index is -3.89. The molecule has 2 bridgehead atoms. The number of nitrogens with zero attached hydrogens (tertiary/aromatic N) is 1. The topological polar surface area (TPSA) is 75.7 Å². The summed E-state index contributed by atoms with van der Waals surface area (Å²) in [7, 11) is -2.40. The summed E-state index contributed by atoms with van der Waals surface area (Å²) >= 11 is 1.13. The third-order valence-corrected chi connectivity index (χ3v) is 9.64.